The average molecular weight is 434 g/mol. The van der Waals surface area contributed by atoms with Gasteiger partial charge in [-0.15, -0.1) is 0 Å². The van der Waals surface area contributed by atoms with Gasteiger partial charge in [0.15, 0.2) is 0 Å². The number of aromatic hydroxyl groups is 1. The quantitative estimate of drug-likeness (QED) is 0.498. The Balaban J connectivity index is 1.94. The van der Waals surface area contributed by atoms with E-state index in [-0.39, 0.29) is 34.0 Å². The van der Waals surface area contributed by atoms with Crippen molar-refractivity contribution < 1.29 is 18.4 Å². The van der Waals surface area contributed by atoms with Gasteiger partial charge in [0.2, 0.25) is 10.0 Å². The van der Waals surface area contributed by atoms with E-state index >= 15 is 0 Å². The molecule has 0 radical (unpaired) electrons. The minimum absolute atomic E-state index is 0.0792. The number of para-hydroxylation sites is 1. The minimum Gasteiger partial charge on any atom is -0.508 e. The molecule has 1 fully saturated rings. The second-order valence-corrected chi connectivity index (χ2v) is 9.65. The fraction of sp³-hybridized carbons (Fsp3) is 0.429. The Morgan fingerprint density at radius 2 is 2.03 bits per heavy atom. The fourth-order valence-electron chi connectivity index (χ4n) is 3.83. The molecule has 3 rings (SSSR count). The molecule has 0 spiro atoms. The number of nitrogens with zero attached hydrogens (tertiary/aromatic N) is 2. The number of nitro groups is 1. The van der Waals surface area contributed by atoms with Crippen LogP contribution in [0.15, 0.2) is 47.4 Å². The molecular formula is C21H27N3O5S. The Bertz CT molecular complexity index is 1030. The summed E-state index contributed by atoms with van der Waals surface area (Å²) >= 11 is 0. The maximum Gasteiger partial charge on any atom is 0.293 e. The summed E-state index contributed by atoms with van der Waals surface area (Å²) in [6, 6.07) is 10.4. The third-order valence-corrected chi connectivity index (χ3v) is 7.33. The lowest BCUT2D eigenvalue weighted by Gasteiger charge is -2.30. The summed E-state index contributed by atoms with van der Waals surface area (Å²) < 4.78 is 27.4. The second kappa shape index (κ2) is 9.01. The fourth-order valence-corrected chi connectivity index (χ4v) is 5.45. The predicted molar refractivity (Wildman–Crippen MR) is 115 cm³/mol. The van der Waals surface area contributed by atoms with Crippen molar-refractivity contribution in [1.82, 2.24) is 4.31 Å². The zero-order valence-corrected chi connectivity index (χ0v) is 17.9. The van der Waals surface area contributed by atoms with E-state index in [1.807, 2.05) is 13.8 Å². The smallest absolute Gasteiger partial charge is 0.293 e. The first-order valence-electron chi connectivity index (χ1n) is 10.1. The molecule has 2 aromatic rings. The van der Waals surface area contributed by atoms with Gasteiger partial charge in [-0.25, -0.2) is 8.42 Å². The molecule has 0 unspecified atom stereocenters. The van der Waals surface area contributed by atoms with Gasteiger partial charge >= 0.3 is 0 Å². The molecule has 2 atom stereocenters. The third-order valence-electron chi connectivity index (χ3n) is 5.47. The number of nitrogens with one attached hydrogen (secondary N) is 1. The monoisotopic (exact) mass is 433 g/mol. The molecule has 0 amide bonds. The van der Waals surface area contributed by atoms with E-state index in [2.05, 4.69) is 5.32 Å². The zero-order chi connectivity index (χ0) is 21.9. The van der Waals surface area contributed by atoms with Gasteiger partial charge < -0.3 is 10.4 Å². The van der Waals surface area contributed by atoms with E-state index in [1.54, 1.807) is 24.3 Å². The van der Waals surface area contributed by atoms with Gasteiger partial charge in [0.1, 0.15) is 11.4 Å². The van der Waals surface area contributed by atoms with Crippen LogP contribution in [-0.4, -0.2) is 35.8 Å². The molecule has 0 saturated carbocycles. The van der Waals surface area contributed by atoms with E-state index in [4.69, 9.17) is 0 Å². The van der Waals surface area contributed by atoms with Crippen molar-refractivity contribution >= 4 is 21.4 Å². The van der Waals surface area contributed by atoms with Crippen molar-refractivity contribution in [2.75, 3.05) is 18.4 Å². The Hall–Kier alpha value is -2.65. The number of piperidine rings is 1. The summed E-state index contributed by atoms with van der Waals surface area (Å²) in [6.07, 6.45) is 2.32. The summed E-state index contributed by atoms with van der Waals surface area (Å²) in [5.41, 5.74) is 0.518. The highest BCUT2D eigenvalue weighted by Gasteiger charge is 2.31. The van der Waals surface area contributed by atoms with Gasteiger partial charge in [-0.3, -0.25) is 10.1 Å². The van der Waals surface area contributed by atoms with Crippen LogP contribution < -0.4 is 5.32 Å². The van der Waals surface area contributed by atoms with Crippen LogP contribution in [0, 0.1) is 16.0 Å². The molecule has 0 aromatic heterocycles. The SMILES string of the molecule is CC[C@@H](Nc1ccc(S(=O)(=O)N2CCC[C@@H](C)C2)cc1[N+](=O)[O-])c1ccccc1O. The molecule has 0 aliphatic carbocycles. The Morgan fingerprint density at radius 1 is 1.30 bits per heavy atom. The highest BCUT2D eigenvalue weighted by Crippen LogP contribution is 2.35. The van der Waals surface area contributed by atoms with Gasteiger partial charge in [0.25, 0.3) is 5.69 Å². The van der Waals surface area contributed by atoms with Crippen LogP contribution in [0.1, 0.15) is 44.7 Å². The molecule has 2 aromatic carbocycles. The standard InChI is InChI=1S/C21H27N3O5S/c1-3-18(17-8-4-5-9-21(17)25)22-19-11-10-16(13-20(19)24(26)27)30(28,29)23-12-6-7-15(2)14-23/h4-5,8-11,13,15,18,22,25H,3,6-7,12,14H2,1-2H3/t15-,18-/m1/s1. The first kappa shape index (κ1) is 22.0. The number of phenolic OH excluding ortho intramolecular Hbond substituents is 1. The Labute approximate surface area is 176 Å². The predicted octanol–water partition coefficient (Wildman–Crippen LogP) is 4.28. The maximum absolute atomic E-state index is 13.0. The van der Waals surface area contributed by atoms with Crippen LogP contribution in [-0.2, 0) is 10.0 Å². The van der Waals surface area contributed by atoms with Crippen molar-refractivity contribution in [2.45, 2.75) is 44.0 Å². The van der Waals surface area contributed by atoms with E-state index in [1.165, 1.54) is 16.4 Å². The number of benzene rings is 2. The first-order chi connectivity index (χ1) is 14.2. The van der Waals surface area contributed by atoms with Gasteiger partial charge in [0, 0.05) is 24.7 Å². The lowest BCUT2D eigenvalue weighted by molar-refractivity contribution is -0.384. The van der Waals surface area contributed by atoms with Crippen LogP contribution in [0.2, 0.25) is 0 Å². The summed E-state index contributed by atoms with van der Waals surface area (Å²) in [5.74, 6) is 0.353. The summed E-state index contributed by atoms with van der Waals surface area (Å²) in [4.78, 5) is 11.0. The summed E-state index contributed by atoms with van der Waals surface area (Å²) in [6.45, 7) is 4.74. The van der Waals surface area contributed by atoms with E-state index in [9.17, 15) is 23.6 Å². The number of hydrogen-bond donors (Lipinski definition) is 2. The molecule has 30 heavy (non-hydrogen) atoms. The minimum atomic E-state index is -3.80. The van der Waals surface area contributed by atoms with Gasteiger partial charge in [-0.05, 0) is 43.4 Å². The van der Waals surface area contributed by atoms with Crippen LogP contribution in [0.3, 0.4) is 0 Å². The summed E-state index contributed by atoms with van der Waals surface area (Å²) in [5, 5.41) is 24.9. The first-order valence-corrected chi connectivity index (χ1v) is 11.5. The third kappa shape index (κ3) is 4.57. The van der Waals surface area contributed by atoms with Crippen molar-refractivity contribution in [3.05, 3.63) is 58.1 Å². The molecule has 8 nitrogen and oxygen atoms in total. The van der Waals surface area contributed by atoms with Gasteiger partial charge in [-0.1, -0.05) is 32.0 Å². The van der Waals surface area contributed by atoms with Crippen molar-refractivity contribution in [3.8, 4) is 5.75 Å². The van der Waals surface area contributed by atoms with E-state index in [0.29, 0.717) is 25.1 Å². The van der Waals surface area contributed by atoms with Gasteiger partial charge in [0.05, 0.1) is 15.9 Å². The summed E-state index contributed by atoms with van der Waals surface area (Å²) in [7, 11) is -3.80. The highest BCUT2D eigenvalue weighted by molar-refractivity contribution is 7.89. The molecule has 1 aliphatic rings. The van der Waals surface area contributed by atoms with E-state index in [0.717, 1.165) is 18.9 Å². The number of hydrogen-bond acceptors (Lipinski definition) is 6. The van der Waals surface area contributed by atoms with Crippen LogP contribution in [0.4, 0.5) is 11.4 Å². The Morgan fingerprint density at radius 3 is 2.67 bits per heavy atom. The van der Waals surface area contributed by atoms with Gasteiger partial charge in [-0.2, -0.15) is 4.31 Å². The van der Waals surface area contributed by atoms with Crippen molar-refractivity contribution in [2.24, 2.45) is 5.92 Å². The lowest BCUT2D eigenvalue weighted by atomic mass is 10.0. The molecule has 1 aliphatic heterocycles. The topological polar surface area (TPSA) is 113 Å². The number of phenols is 1. The average Bonchev–Trinajstić information content (AvgIpc) is 2.72. The number of nitro benzene ring substituents is 1. The van der Waals surface area contributed by atoms with Crippen LogP contribution >= 0.6 is 0 Å². The Kier molecular flexibility index (Phi) is 6.62. The second-order valence-electron chi connectivity index (χ2n) is 7.71. The van der Waals surface area contributed by atoms with Crippen LogP contribution in [0.25, 0.3) is 0 Å². The molecule has 162 valence electrons. The zero-order valence-electron chi connectivity index (χ0n) is 17.1. The number of sulfonamides is 1. The van der Waals surface area contributed by atoms with Crippen LogP contribution in [0.5, 0.6) is 5.75 Å². The van der Waals surface area contributed by atoms with Crippen molar-refractivity contribution in [3.63, 3.8) is 0 Å². The normalized spacial score (nSPS) is 18.7. The molecule has 1 saturated heterocycles. The molecule has 2 N–H and O–H groups in total. The number of anilines is 1. The molecule has 9 heteroatoms. The molecular weight excluding hydrogens is 406 g/mol. The van der Waals surface area contributed by atoms with Crippen molar-refractivity contribution in [1.29, 1.82) is 0 Å². The molecule has 1 heterocycles. The highest BCUT2D eigenvalue weighted by atomic mass is 32.2. The van der Waals surface area contributed by atoms with E-state index < -0.39 is 14.9 Å². The number of rotatable bonds is 7. The molecule has 0 bridgehead atoms. The lowest BCUT2D eigenvalue weighted by Crippen LogP contribution is -2.39. The maximum atomic E-state index is 13.0. The largest absolute Gasteiger partial charge is 0.508 e.